The first-order valence-electron chi connectivity index (χ1n) is 13.3. The summed E-state index contributed by atoms with van der Waals surface area (Å²) >= 11 is 0. The molecule has 0 spiro atoms. The third kappa shape index (κ3) is 9.88. The Morgan fingerprint density at radius 2 is 1.33 bits per heavy atom. The molecule has 0 unspecified atom stereocenters. The number of hydrogen-bond acceptors (Lipinski definition) is 2. The van der Waals surface area contributed by atoms with Crippen LogP contribution in [0.1, 0.15) is 147 Å². The number of aryl methyl sites for hydroxylation is 1. The molecule has 0 aromatic carbocycles. The second-order valence-corrected chi connectivity index (χ2v) is 9.69. The van der Waals surface area contributed by atoms with Crippen molar-refractivity contribution in [3.63, 3.8) is 0 Å². The van der Waals surface area contributed by atoms with Crippen molar-refractivity contribution in [1.29, 1.82) is 0 Å². The summed E-state index contributed by atoms with van der Waals surface area (Å²) < 4.78 is 14.5. The number of nitrogens with zero attached hydrogens (tertiary/aromatic N) is 2. The molecule has 0 amide bonds. The molecule has 1 aliphatic carbocycles. The van der Waals surface area contributed by atoms with Crippen molar-refractivity contribution in [2.45, 2.75) is 142 Å². The molecule has 0 N–H and O–H groups in total. The Hall–Kier alpha value is -0.990. The van der Waals surface area contributed by atoms with Crippen LogP contribution in [0.4, 0.5) is 4.39 Å². The summed E-state index contributed by atoms with van der Waals surface area (Å²) in [5.74, 6) is 1.73. The van der Waals surface area contributed by atoms with Gasteiger partial charge in [-0.1, -0.05) is 97.3 Å². The quantitative estimate of drug-likeness (QED) is 0.198. The van der Waals surface area contributed by atoms with Gasteiger partial charge < -0.3 is 0 Å². The van der Waals surface area contributed by atoms with Gasteiger partial charge in [0.15, 0.2) is 0 Å². The van der Waals surface area contributed by atoms with Crippen LogP contribution in [0, 0.1) is 11.9 Å². The van der Waals surface area contributed by atoms with Crippen molar-refractivity contribution in [2.24, 2.45) is 5.92 Å². The molecule has 1 saturated carbocycles. The minimum absolute atomic E-state index is 0.263. The Labute approximate surface area is 185 Å². The van der Waals surface area contributed by atoms with Crippen molar-refractivity contribution in [3.05, 3.63) is 23.5 Å². The maximum absolute atomic E-state index is 14.5. The lowest BCUT2D eigenvalue weighted by Gasteiger charge is -2.27. The summed E-state index contributed by atoms with van der Waals surface area (Å²) in [5, 5.41) is 0. The number of hydrogen-bond donors (Lipinski definition) is 0. The highest BCUT2D eigenvalue weighted by atomic mass is 19.1. The van der Waals surface area contributed by atoms with Crippen molar-refractivity contribution in [3.8, 4) is 0 Å². The topological polar surface area (TPSA) is 25.8 Å². The maximum atomic E-state index is 14.5. The van der Waals surface area contributed by atoms with Crippen LogP contribution in [0.25, 0.3) is 0 Å². The average molecular weight is 419 g/mol. The first-order chi connectivity index (χ1) is 14.7. The van der Waals surface area contributed by atoms with Gasteiger partial charge in [0.1, 0.15) is 5.82 Å². The maximum Gasteiger partial charge on any atom is 0.219 e. The molecule has 0 atom stereocenters. The SMILES string of the molecule is CCCCCCCCCCc1cnc(C2CCC(CCCCCCC)CC2)nc1F. The third-order valence-electron chi connectivity index (χ3n) is 7.06. The minimum atomic E-state index is -0.263. The highest BCUT2D eigenvalue weighted by Crippen LogP contribution is 2.36. The van der Waals surface area contributed by atoms with E-state index in [1.807, 2.05) is 0 Å². The predicted molar refractivity (Wildman–Crippen MR) is 126 cm³/mol. The third-order valence-corrected chi connectivity index (χ3v) is 7.06. The first kappa shape index (κ1) is 25.3. The molecule has 3 heteroatoms. The zero-order chi connectivity index (χ0) is 21.4. The van der Waals surface area contributed by atoms with Gasteiger partial charge in [0.05, 0.1) is 0 Å². The molecule has 1 heterocycles. The number of aromatic nitrogens is 2. The van der Waals surface area contributed by atoms with E-state index in [4.69, 9.17) is 0 Å². The Balaban J connectivity index is 1.63. The highest BCUT2D eigenvalue weighted by molar-refractivity contribution is 5.10. The molecule has 2 rings (SSSR count). The molecule has 0 radical (unpaired) electrons. The van der Waals surface area contributed by atoms with Crippen LogP contribution in [-0.2, 0) is 6.42 Å². The molecule has 172 valence electrons. The van der Waals surface area contributed by atoms with Gasteiger partial charge in [0, 0.05) is 17.7 Å². The molecular weight excluding hydrogens is 371 g/mol. The molecule has 1 aromatic heterocycles. The van der Waals surface area contributed by atoms with Crippen LogP contribution in [-0.4, -0.2) is 9.97 Å². The number of unbranched alkanes of at least 4 members (excludes halogenated alkanes) is 11. The summed E-state index contributed by atoms with van der Waals surface area (Å²) in [7, 11) is 0. The molecule has 0 saturated heterocycles. The first-order valence-corrected chi connectivity index (χ1v) is 13.3. The molecule has 0 aliphatic heterocycles. The van der Waals surface area contributed by atoms with Crippen LogP contribution in [0.2, 0.25) is 0 Å². The van der Waals surface area contributed by atoms with E-state index in [9.17, 15) is 4.39 Å². The monoisotopic (exact) mass is 418 g/mol. The molecule has 1 fully saturated rings. The molecular formula is C27H47FN2. The number of halogens is 1. The number of rotatable bonds is 16. The van der Waals surface area contributed by atoms with Gasteiger partial charge in [-0.05, 0) is 44.4 Å². The molecule has 0 bridgehead atoms. The van der Waals surface area contributed by atoms with Crippen LogP contribution in [0.3, 0.4) is 0 Å². The van der Waals surface area contributed by atoms with Crippen LogP contribution in [0.5, 0.6) is 0 Å². The van der Waals surface area contributed by atoms with Gasteiger partial charge >= 0.3 is 0 Å². The van der Waals surface area contributed by atoms with Gasteiger partial charge in [-0.3, -0.25) is 0 Å². The fraction of sp³-hybridized carbons (Fsp3) is 0.852. The van der Waals surface area contributed by atoms with E-state index in [1.165, 1.54) is 96.3 Å². The van der Waals surface area contributed by atoms with E-state index in [1.54, 1.807) is 6.20 Å². The Bertz CT molecular complexity index is 552. The van der Waals surface area contributed by atoms with Crippen LogP contribution < -0.4 is 0 Å². The van der Waals surface area contributed by atoms with Crippen molar-refractivity contribution >= 4 is 0 Å². The van der Waals surface area contributed by atoms with Crippen LogP contribution >= 0.6 is 0 Å². The lowest BCUT2D eigenvalue weighted by atomic mass is 9.79. The summed E-state index contributed by atoms with van der Waals surface area (Å²) in [6.45, 7) is 4.53. The Morgan fingerprint density at radius 3 is 1.93 bits per heavy atom. The Kier molecular flexibility index (Phi) is 13.3. The largest absolute Gasteiger partial charge is 0.241 e. The lowest BCUT2D eigenvalue weighted by molar-refractivity contribution is 0.294. The normalized spacial score (nSPS) is 19.3. The smallest absolute Gasteiger partial charge is 0.219 e. The van der Waals surface area contributed by atoms with Crippen LogP contribution in [0.15, 0.2) is 6.20 Å². The van der Waals surface area contributed by atoms with Crippen molar-refractivity contribution < 1.29 is 4.39 Å². The molecule has 1 aromatic rings. The lowest BCUT2D eigenvalue weighted by Crippen LogP contribution is -2.16. The fourth-order valence-corrected chi connectivity index (χ4v) is 4.96. The average Bonchev–Trinajstić information content (AvgIpc) is 2.77. The fourth-order valence-electron chi connectivity index (χ4n) is 4.96. The predicted octanol–water partition coefficient (Wildman–Crippen LogP) is 8.93. The zero-order valence-corrected chi connectivity index (χ0v) is 19.9. The minimum Gasteiger partial charge on any atom is -0.241 e. The van der Waals surface area contributed by atoms with E-state index in [0.29, 0.717) is 11.5 Å². The Morgan fingerprint density at radius 1 is 0.767 bits per heavy atom. The summed E-state index contributed by atoms with van der Waals surface area (Å²) in [6, 6.07) is 0. The van der Waals surface area contributed by atoms with E-state index in [2.05, 4.69) is 23.8 Å². The molecule has 30 heavy (non-hydrogen) atoms. The van der Waals surface area contributed by atoms with Gasteiger partial charge in [-0.15, -0.1) is 0 Å². The standard InChI is InChI=1S/C27H47FN2/c1-3-5-7-9-10-11-13-15-17-25-22-29-27(30-26(25)28)24-20-18-23(19-21-24)16-14-12-8-6-4-2/h22-24H,3-21H2,1-2H3. The van der Waals surface area contributed by atoms with E-state index < -0.39 is 0 Å². The van der Waals surface area contributed by atoms with Gasteiger partial charge in [0.25, 0.3) is 0 Å². The second-order valence-electron chi connectivity index (χ2n) is 9.69. The van der Waals surface area contributed by atoms with E-state index >= 15 is 0 Å². The molecule has 1 aliphatic rings. The summed E-state index contributed by atoms with van der Waals surface area (Å²) in [6.07, 6.45) is 25.8. The second kappa shape index (κ2) is 15.8. The summed E-state index contributed by atoms with van der Waals surface area (Å²) in [4.78, 5) is 8.87. The van der Waals surface area contributed by atoms with Crippen molar-refractivity contribution in [1.82, 2.24) is 9.97 Å². The van der Waals surface area contributed by atoms with Crippen molar-refractivity contribution in [2.75, 3.05) is 0 Å². The van der Waals surface area contributed by atoms with E-state index in [-0.39, 0.29) is 5.95 Å². The van der Waals surface area contributed by atoms with Gasteiger partial charge in [0.2, 0.25) is 5.95 Å². The highest BCUT2D eigenvalue weighted by Gasteiger charge is 2.24. The van der Waals surface area contributed by atoms with Gasteiger partial charge in [-0.2, -0.15) is 4.39 Å². The van der Waals surface area contributed by atoms with Gasteiger partial charge in [-0.25, -0.2) is 9.97 Å². The molecule has 2 nitrogen and oxygen atoms in total. The van der Waals surface area contributed by atoms with E-state index in [0.717, 1.165) is 37.4 Å². The summed E-state index contributed by atoms with van der Waals surface area (Å²) in [5.41, 5.74) is 0.713. The zero-order valence-electron chi connectivity index (χ0n) is 19.9.